The molecule has 3 nitrogen and oxygen atoms in total. The number of anilines is 1. The average Bonchev–Trinajstić information content (AvgIpc) is 3.05. The van der Waals surface area contributed by atoms with E-state index in [9.17, 15) is 0 Å². The lowest BCUT2D eigenvalue weighted by molar-refractivity contribution is 0.0898. The quantitative estimate of drug-likeness (QED) is 0.930. The van der Waals surface area contributed by atoms with Gasteiger partial charge in [0.2, 0.25) is 0 Å². The van der Waals surface area contributed by atoms with E-state index < -0.39 is 0 Å². The zero-order valence-electron chi connectivity index (χ0n) is 9.95. The molecule has 1 N–H and O–H groups in total. The predicted octanol–water partition coefficient (Wildman–Crippen LogP) is 3.13. The van der Waals surface area contributed by atoms with E-state index in [0.29, 0.717) is 12.1 Å². The molecule has 2 aliphatic rings. The van der Waals surface area contributed by atoms with Gasteiger partial charge in [-0.2, -0.15) is 0 Å². The molecular weight excluding hydrogens is 280 g/mol. The smallest absolute Gasteiger partial charge is 0.126 e. The summed E-state index contributed by atoms with van der Waals surface area (Å²) in [6.45, 7) is 2.97. The third-order valence-electron chi connectivity index (χ3n) is 3.60. The zero-order chi connectivity index (χ0) is 11.8. The Morgan fingerprint density at radius 2 is 2.24 bits per heavy atom. The van der Waals surface area contributed by atoms with Gasteiger partial charge in [0.15, 0.2) is 0 Å². The molecule has 92 valence electrons. The number of hydrogen-bond donors (Lipinski definition) is 1. The van der Waals surface area contributed by atoms with Gasteiger partial charge in [0.25, 0.3) is 0 Å². The van der Waals surface area contributed by atoms with Crippen molar-refractivity contribution >= 4 is 21.7 Å². The summed E-state index contributed by atoms with van der Waals surface area (Å²) in [5, 5.41) is 3.52. The van der Waals surface area contributed by atoms with Crippen molar-refractivity contribution in [2.24, 2.45) is 5.92 Å². The van der Waals surface area contributed by atoms with Crippen LogP contribution in [0.3, 0.4) is 0 Å². The molecule has 0 radical (unpaired) electrons. The third kappa shape index (κ3) is 2.47. The number of aromatic nitrogens is 1. The maximum atomic E-state index is 5.82. The number of hydrogen-bond acceptors (Lipinski definition) is 3. The Bertz CT molecular complexity index is 420. The van der Waals surface area contributed by atoms with Gasteiger partial charge < -0.3 is 10.1 Å². The van der Waals surface area contributed by atoms with E-state index in [1.165, 1.54) is 18.4 Å². The molecule has 1 aromatic heterocycles. The number of ether oxygens (including phenoxy) is 1. The molecule has 2 heterocycles. The topological polar surface area (TPSA) is 34.1 Å². The van der Waals surface area contributed by atoms with Crippen LogP contribution in [-0.2, 0) is 4.74 Å². The van der Waals surface area contributed by atoms with Gasteiger partial charge >= 0.3 is 0 Å². The first-order valence-corrected chi connectivity index (χ1v) is 7.03. The van der Waals surface area contributed by atoms with E-state index in [0.717, 1.165) is 29.2 Å². The van der Waals surface area contributed by atoms with Gasteiger partial charge in [-0.3, -0.25) is 0 Å². The molecule has 17 heavy (non-hydrogen) atoms. The SMILES string of the molecule is Cc1cc(NC2CCOC2C2CC2)ncc1Br. The lowest BCUT2D eigenvalue weighted by Gasteiger charge is -2.20. The molecule has 1 aliphatic carbocycles. The molecule has 0 bridgehead atoms. The number of nitrogens with zero attached hydrogens (tertiary/aromatic N) is 1. The van der Waals surface area contributed by atoms with E-state index in [1.807, 2.05) is 6.20 Å². The summed E-state index contributed by atoms with van der Waals surface area (Å²) in [7, 11) is 0. The Morgan fingerprint density at radius 3 is 2.94 bits per heavy atom. The Kier molecular flexibility index (Phi) is 3.09. The van der Waals surface area contributed by atoms with Gasteiger partial charge in [0.05, 0.1) is 12.1 Å². The van der Waals surface area contributed by atoms with Crippen LogP contribution in [0.4, 0.5) is 5.82 Å². The van der Waals surface area contributed by atoms with Crippen molar-refractivity contribution in [2.45, 2.75) is 38.3 Å². The average molecular weight is 297 g/mol. The Hall–Kier alpha value is -0.610. The van der Waals surface area contributed by atoms with E-state index in [1.54, 1.807) is 0 Å². The maximum absolute atomic E-state index is 5.82. The Labute approximate surface area is 110 Å². The van der Waals surface area contributed by atoms with Crippen LogP contribution < -0.4 is 5.32 Å². The summed E-state index contributed by atoms with van der Waals surface area (Å²) in [6.07, 6.45) is 6.02. The van der Waals surface area contributed by atoms with Crippen LogP contribution in [0.15, 0.2) is 16.7 Å². The molecule has 1 aromatic rings. The fourth-order valence-electron chi connectivity index (χ4n) is 2.46. The molecular formula is C13H17BrN2O. The standard InChI is InChI=1S/C13H17BrN2O/c1-8-6-12(15-7-10(8)14)16-11-4-5-17-13(11)9-2-3-9/h6-7,9,11,13H,2-5H2,1H3,(H,15,16). The second-order valence-corrected chi connectivity index (χ2v) is 5.89. The highest BCUT2D eigenvalue weighted by atomic mass is 79.9. The summed E-state index contributed by atoms with van der Waals surface area (Å²) in [6, 6.07) is 2.53. The van der Waals surface area contributed by atoms with Gasteiger partial charge in [0, 0.05) is 17.3 Å². The van der Waals surface area contributed by atoms with Crippen LogP contribution in [0, 0.1) is 12.8 Å². The molecule has 1 aliphatic heterocycles. The number of rotatable bonds is 3. The first-order valence-electron chi connectivity index (χ1n) is 6.24. The summed E-state index contributed by atoms with van der Waals surface area (Å²) >= 11 is 3.47. The van der Waals surface area contributed by atoms with Gasteiger partial charge in [-0.25, -0.2) is 4.98 Å². The minimum absolute atomic E-state index is 0.403. The van der Waals surface area contributed by atoms with E-state index in [2.05, 4.69) is 39.2 Å². The van der Waals surface area contributed by atoms with Crippen molar-refractivity contribution in [3.63, 3.8) is 0 Å². The summed E-state index contributed by atoms with van der Waals surface area (Å²) in [5.41, 5.74) is 1.21. The highest BCUT2D eigenvalue weighted by Crippen LogP contribution is 2.39. The van der Waals surface area contributed by atoms with Crippen LogP contribution in [0.2, 0.25) is 0 Å². The molecule has 2 atom stereocenters. The van der Waals surface area contributed by atoms with Crippen LogP contribution >= 0.6 is 15.9 Å². The van der Waals surface area contributed by atoms with Crippen molar-refractivity contribution in [3.05, 3.63) is 22.3 Å². The largest absolute Gasteiger partial charge is 0.376 e. The third-order valence-corrected chi connectivity index (χ3v) is 4.43. The molecule has 1 saturated heterocycles. The van der Waals surface area contributed by atoms with E-state index in [-0.39, 0.29) is 0 Å². The maximum Gasteiger partial charge on any atom is 0.126 e. The predicted molar refractivity (Wildman–Crippen MR) is 71.2 cm³/mol. The van der Waals surface area contributed by atoms with Crippen LogP contribution in [0.1, 0.15) is 24.8 Å². The van der Waals surface area contributed by atoms with Crippen molar-refractivity contribution in [1.29, 1.82) is 0 Å². The Balaban J connectivity index is 1.70. The fraction of sp³-hybridized carbons (Fsp3) is 0.615. The second kappa shape index (κ2) is 4.58. The van der Waals surface area contributed by atoms with Crippen molar-refractivity contribution in [2.75, 3.05) is 11.9 Å². The number of aryl methyl sites for hydroxylation is 1. The molecule has 0 spiro atoms. The summed E-state index contributed by atoms with van der Waals surface area (Å²) in [4.78, 5) is 4.40. The summed E-state index contributed by atoms with van der Waals surface area (Å²) < 4.78 is 6.88. The molecule has 2 fully saturated rings. The summed E-state index contributed by atoms with van der Waals surface area (Å²) in [5.74, 6) is 1.75. The first-order chi connectivity index (χ1) is 8.24. The van der Waals surface area contributed by atoms with Crippen molar-refractivity contribution < 1.29 is 4.74 Å². The minimum atomic E-state index is 0.403. The molecule has 0 amide bonds. The van der Waals surface area contributed by atoms with Crippen molar-refractivity contribution in [1.82, 2.24) is 4.98 Å². The van der Waals surface area contributed by atoms with E-state index >= 15 is 0 Å². The normalized spacial score (nSPS) is 28.4. The monoisotopic (exact) mass is 296 g/mol. The highest BCUT2D eigenvalue weighted by Gasteiger charge is 2.40. The van der Waals surface area contributed by atoms with Gasteiger partial charge in [-0.05, 0) is 59.7 Å². The zero-order valence-corrected chi connectivity index (χ0v) is 11.5. The second-order valence-electron chi connectivity index (χ2n) is 5.03. The molecule has 4 heteroatoms. The highest BCUT2D eigenvalue weighted by molar-refractivity contribution is 9.10. The molecule has 1 saturated carbocycles. The number of halogens is 1. The van der Waals surface area contributed by atoms with Crippen molar-refractivity contribution in [3.8, 4) is 0 Å². The molecule has 3 rings (SSSR count). The molecule has 0 aromatic carbocycles. The van der Waals surface area contributed by atoms with Gasteiger partial charge in [-0.1, -0.05) is 0 Å². The van der Waals surface area contributed by atoms with Crippen LogP contribution in [0.5, 0.6) is 0 Å². The van der Waals surface area contributed by atoms with Gasteiger partial charge in [-0.15, -0.1) is 0 Å². The van der Waals surface area contributed by atoms with E-state index in [4.69, 9.17) is 4.74 Å². The minimum Gasteiger partial charge on any atom is -0.376 e. The molecule has 2 unspecified atom stereocenters. The Morgan fingerprint density at radius 1 is 1.41 bits per heavy atom. The van der Waals surface area contributed by atoms with Crippen LogP contribution in [-0.4, -0.2) is 23.7 Å². The van der Waals surface area contributed by atoms with Crippen LogP contribution in [0.25, 0.3) is 0 Å². The van der Waals surface area contributed by atoms with Gasteiger partial charge in [0.1, 0.15) is 5.82 Å². The lowest BCUT2D eigenvalue weighted by Crippen LogP contribution is -2.31. The lowest BCUT2D eigenvalue weighted by atomic mass is 10.1. The fourth-order valence-corrected chi connectivity index (χ4v) is 2.68. The number of pyridine rings is 1. The number of nitrogens with one attached hydrogen (secondary N) is 1. The first kappa shape index (κ1) is 11.5.